The standard InChI is InChI=1S/C9H16B5NS/c1-3-6-15(2)16-7-4-5-8(10,11)9(12,13)14/h3-7H2,1-2H3. The Kier molecular flexibility index (Phi) is 7.44. The van der Waals surface area contributed by atoms with E-state index >= 15 is 0 Å². The normalized spacial score (nSPS) is 13.2. The quantitative estimate of drug-likeness (QED) is 0.341. The third-order valence-electron chi connectivity index (χ3n) is 2.39. The largest absolute Gasteiger partial charge is 0.254 e. The molecule has 7 heteroatoms. The Balaban J connectivity index is 3.74. The molecule has 0 saturated heterocycles. The van der Waals surface area contributed by atoms with Crippen molar-refractivity contribution < 1.29 is 0 Å². The summed E-state index contributed by atoms with van der Waals surface area (Å²) in [6.45, 7) is 3.21. The van der Waals surface area contributed by atoms with Gasteiger partial charge in [0.25, 0.3) is 0 Å². The van der Waals surface area contributed by atoms with Gasteiger partial charge in [-0.3, -0.25) is 4.31 Å². The van der Waals surface area contributed by atoms with Gasteiger partial charge in [0.15, 0.2) is 0 Å². The molecule has 0 spiro atoms. The lowest BCUT2D eigenvalue weighted by atomic mass is 9.22. The van der Waals surface area contributed by atoms with E-state index in [-0.39, 0.29) is 0 Å². The Morgan fingerprint density at radius 3 is 2.12 bits per heavy atom. The molecule has 0 amide bonds. The summed E-state index contributed by atoms with van der Waals surface area (Å²) in [6, 6.07) is 0. The van der Waals surface area contributed by atoms with Crippen LogP contribution in [0.25, 0.3) is 0 Å². The van der Waals surface area contributed by atoms with Crippen molar-refractivity contribution in [2.24, 2.45) is 0 Å². The van der Waals surface area contributed by atoms with E-state index in [1.54, 1.807) is 11.9 Å². The molecule has 0 aromatic heterocycles. The van der Waals surface area contributed by atoms with Crippen LogP contribution in [0, 0.1) is 0 Å². The molecule has 10 radical (unpaired) electrons. The molecule has 0 aliphatic rings. The summed E-state index contributed by atoms with van der Waals surface area (Å²) in [5.74, 6) is 0.933. The molecule has 0 fully saturated rings. The summed E-state index contributed by atoms with van der Waals surface area (Å²) < 4.78 is 2.19. The first-order chi connectivity index (χ1) is 7.20. The Morgan fingerprint density at radius 2 is 1.69 bits per heavy atom. The minimum atomic E-state index is -1.53. The first-order valence-corrected chi connectivity index (χ1v) is 6.43. The molecule has 78 valence electrons. The average molecular weight is 224 g/mol. The van der Waals surface area contributed by atoms with Gasteiger partial charge in [0.1, 0.15) is 0 Å². The van der Waals surface area contributed by atoms with Crippen LogP contribution >= 0.6 is 11.9 Å². The van der Waals surface area contributed by atoms with Gasteiger partial charge in [-0.15, -0.1) is 10.3 Å². The summed E-state index contributed by atoms with van der Waals surface area (Å²) in [5.41, 5.74) is 0. The number of hydrogen-bond donors (Lipinski definition) is 0. The molecule has 0 aromatic rings. The highest BCUT2D eigenvalue weighted by Crippen LogP contribution is 2.42. The minimum absolute atomic E-state index is 0.503. The molecule has 0 rings (SSSR count). The van der Waals surface area contributed by atoms with Gasteiger partial charge in [-0.05, 0) is 19.9 Å². The van der Waals surface area contributed by atoms with E-state index in [1.807, 2.05) is 0 Å². The van der Waals surface area contributed by atoms with E-state index in [4.69, 9.17) is 39.2 Å². The van der Waals surface area contributed by atoms with Crippen LogP contribution in [0.5, 0.6) is 0 Å². The van der Waals surface area contributed by atoms with Gasteiger partial charge in [0, 0.05) is 35.8 Å². The van der Waals surface area contributed by atoms with Crippen molar-refractivity contribution in [2.45, 2.75) is 36.5 Å². The van der Waals surface area contributed by atoms with E-state index in [1.165, 1.54) is 0 Å². The van der Waals surface area contributed by atoms with Crippen LogP contribution in [-0.4, -0.2) is 62.9 Å². The van der Waals surface area contributed by atoms with Gasteiger partial charge in [0.2, 0.25) is 0 Å². The molecule has 1 nitrogen and oxygen atoms in total. The molecule has 16 heavy (non-hydrogen) atoms. The third-order valence-corrected chi connectivity index (χ3v) is 3.49. The van der Waals surface area contributed by atoms with Crippen molar-refractivity contribution in [1.29, 1.82) is 0 Å². The first kappa shape index (κ1) is 16.6. The zero-order valence-electron chi connectivity index (χ0n) is 10.3. The Labute approximate surface area is 111 Å². The zero-order chi connectivity index (χ0) is 12.8. The minimum Gasteiger partial charge on any atom is -0.254 e. The fourth-order valence-corrected chi connectivity index (χ4v) is 2.08. The topological polar surface area (TPSA) is 3.24 Å². The molecule has 0 saturated carbocycles. The summed E-state index contributed by atoms with van der Waals surface area (Å²) in [4.78, 5) is 0. The van der Waals surface area contributed by atoms with Crippen molar-refractivity contribution in [3.63, 3.8) is 0 Å². The van der Waals surface area contributed by atoms with Crippen molar-refractivity contribution >= 4 is 51.2 Å². The van der Waals surface area contributed by atoms with Crippen LogP contribution in [0.15, 0.2) is 0 Å². The van der Waals surface area contributed by atoms with Crippen molar-refractivity contribution in [2.75, 3.05) is 19.3 Å². The highest BCUT2D eigenvalue weighted by molar-refractivity contribution is 7.96. The smallest absolute Gasteiger partial charge is 0.0599 e. The van der Waals surface area contributed by atoms with Gasteiger partial charge >= 0.3 is 0 Å². The molecule has 0 N–H and O–H groups in total. The summed E-state index contributed by atoms with van der Waals surface area (Å²) in [5, 5.41) is -2.76. The highest BCUT2D eigenvalue weighted by Gasteiger charge is 2.29. The van der Waals surface area contributed by atoms with Gasteiger partial charge in [-0.25, -0.2) is 0 Å². The molecular weight excluding hydrogens is 208 g/mol. The lowest BCUT2D eigenvalue weighted by molar-refractivity contribution is 0.556. The molecule has 0 heterocycles. The average Bonchev–Trinajstić information content (AvgIpc) is 2.11. The van der Waals surface area contributed by atoms with E-state index in [2.05, 4.69) is 18.3 Å². The second-order valence-electron chi connectivity index (χ2n) is 4.26. The van der Waals surface area contributed by atoms with E-state index in [0.717, 1.165) is 25.1 Å². The van der Waals surface area contributed by atoms with Crippen molar-refractivity contribution in [1.82, 2.24) is 4.31 Å². The van der Waals surface area contributed by atoms with Crippen LogP contribution in [-0.2, 0) is 0 Å². The SMILES string of the molecule is [B]C([B])([B])C([B])([B])CCCSN(C)CCC. The second kappa shape index (κ2) is 7.15. The molecule has 0 atom stereocenters. The molecule has 0 aliphatic carbocycles. The third kappa shape index (κ3) is 6.39. The van der Waals surface area contributed by atoms with Crippen LogP contribution in [0.2, 0.25) is 10.3 Å². The highest BCUT2D eigenvalue weighted by atomic mass is 32.2. The summed E-state index contributed by atoms with van der Waals surface area (Å²) in [7, 11) is 30.0. The van der Waals surface area contributed by atoms with Crippen LogP contribution in [0.3, 0.4) is 0 Å². The fourth-order valence-electron chi connectivity index (χ4n) is 1.18. The van der Waals surface area contributed by atoms with E-state index in [0.29, 0.717) is 6.42 Å². The Morgan fingerprint density at radius 1 is 1.12 bits per heavy atom. The first-order valence-electron chi connectivity index (χ1n) is 5.49. The predicted octanol–water partition coefficient (Wildman–Crippen LogP) is 0.789. The van der Waals surface area contributed by atoms with E-state index in [9.17, 15) is 0 Å². The van der Waals surface area contributed by atoms with Crippen LogP contribution in [0.1, 0.15) is 26.2 Å². The molecule has 0 aromatic carbocycles. The lowest BCUT2D eigenvalue weighted by Gasteiger charge is -2.42. The van der Waals surface area contributed by atoms with Crippen LogP contribution < -0.4 is 0 Å². The fraction of sp³-hybridized carbons (Fsp3) is 1.00. The Bertz CT molecular complexity index is 195. The summed E-state index contributed by atoms with van der Waals surface area (Å²) >= 11 is 1.75. The predicted molar refractivity (Wildman–Crippen MR) is 78.8 cm³/mol. The van der Waals surface area contributed by atoms with Crippen molar-refractivity contribution in [3.05, 3.63) is 0 Å². The molecule has 0 unspecified atom stereocenters. The summed E-state index contributed by atoms with van der Waals surface area (Å²) in [6.07, 6.45) is 2.47. The monoisotopic (exact) mass is 225 g/mol. The number of hydrogen-bond acceptors (Lipinski definition) is 2. The maximum atomic E-state index is 5.75. The van der Waals surface area contributed by atoms with Gasteiger partial charge < -0.3 is 0 Å². The Hall–Kier alpha value is 0.635. The van der Waals surface area contributed by atoms with Gasteiger partial charge in [-0.2, -0.15) is 0 Å². The second-order valence-corrected chi connectivity index (χ2v) is 5.55. The van der Waals surface area contributed by atoms with Crippen LogP contribution in [0.4, 0.5) is 0 Å². The molecule has 0 aliphatic heterocycles. The maximum absolute atomic E-state index is 5.75. The van der Waals surface area contributed by atoms with E-state index < -0.39 is 10.3 Å². The van der Waals surface area contributed by atoms with Gasteiger partial charge in [-0.1, -0.05) is 25.3 Å². The number of rotatable bonds is 8. The molecular formula is C9H16B5NS. The maximum Gasteiger partial charge on any atom is 0.0599 e. The number of nitrogens with zero attached hydrogens (tertiary/aromatic N) is 1. The lowest BCUT2D eigenvalue weighted by Crippen LogP contribution is -2.33. The van der Waals surface area contributed by atoms with Gasteiger partial charge in [0.05, 0.1) is 15.7 Å². The molecule has 0 bridgehead atoms. The van der Waals surface area contributed by atoms with Crippen molar-refractivity contribution in [3.8, 4) is 0 Å². The zero-order valence-corrected chi connectivity index (χ0v) is 11.1.